The number of fused-ring (bicyclic) bond motifs is 3. The van der Waals surface area contributed by atoms with Gasteiger partial charge in [0.15, 0.2) is 17.2 Å². The molecule has 8 N–H and O–H groups in total. The number of nitrogens with two attached hydrogens (primary N) is 1. The summed E-state index contributed by atoms with van der Waals surface area (Å²) in [6, 6.07) is 27.6. The Labute approximate surface area is 452 Å². The molecule has 0 saturated carbocycles. The van der Waals surface area contributed by atoms with Crippen LogP contribution in [-0.2, 0) is 62.2 Å². The van der Waals surface area contributed by atoms with Crippen molar-refractivity contribution in [3.05, 3.63) is 121 Å². The van der Waals surface area contributed by atoms with E-state index in [1.54, 1.807) is 24.3 Å². The van der Waals surface area contributed by atoms with Crippen LogP contribution >= 0.6 is 0 Å². The van der Waals surface area contributed by atoms with Crippen molar-refractivity contribution < 1.29 is 96.8 Å². The molecule has 80 heavy (non-hydrogen) atoms. The Morgan fingerprint density at radius 2 is 0.838 bits per heavy atom. The molecule has 0 unspecified atom stereocenters. The van der Waals surface area contributed by atoms with E-state index in [0.717, 1.165) is 18.2 Å². The first-order valence-corrected chi connectivity index (χ1v) is 28.0. The minimum atomic E-state index is -5.03. The number of benzene rings is 8. The molecule has 0 amide bonds. The SMILES string of the molecule is COc1ccc(N=Nc2c(S(=O)(=O)O)cc3ccc(N=Nc4c(S(=O)(=O)O)cc5ccc(N=Nc6ccc7c(O)c(N=Nc8ccccc8S(=O)(=O)O)ccc7c6)c(O)c5c4N)cc3c2O)cc1.O=S(=O)=O.O=S(=O)=O.O=S(=O)=O. The molecule has 0 aliphatic carbocycles. The average Bonchev–Trinajstić information content (AvgIpc) is 3.46. The molecule has 8 rings (SSSR count). The number of phenolic OH excluding ortho intramolecular Hbond substituents is 3. The fourth-order valence-electron chi connectivity index (χ4n) is 6.80. The largest absolute Gasteiger partial charge is 0.505 e. The van der Waals surface area contributed by atoms with Gasteiger partial charge in [0, 0.05) is 10.8 Å². The number of hydrogen-bond donors (Lipinski definition) is 7. The second kappa shape index (κ2) is 25.8. The first-order valence-electron chi connectivity index (χ1n) is 20.7. The van der Waals surface area contributed by atoms with Crippen LogP contribution in [0.5, 0.6) is 23.0 Å². The normalized spacial score (nSPS) is 11.8. The van der Waals surface area contributed by atoms with Crippen LogP contribution in [0.2, 0.25) is 0 Å². The number of rotatable bonds is 12. The number of phenols is 3. The second-order valence-electron chi connectivity index (χ2n) is 15.0. The van der Waals surface area contributed by atoms with Crippen molar-refractivity contribution in [2.24, 2.45) is 40.9 Å². The minimum absolute atomic E-state index is 0.0146. The number of azo groups is 4. The van der Waals surface area contributed by atoms with Crippen LogP contribution in [-0.4, -0.2) is 99.2 Å². The van der Waals surface area contributed by atoms with Crippen molar-refractivity contribution in [3.63, 3.8) is 0 Å². The van der Waals surface area contributed by atoms with Gasteiger partial charge in [-0.05, 0) is 107 Å². The molecule has 0 aliphatic rings. The molecule has 0 aromatic heterocycles. The molecule has 0 heterocycles. The fourth-order valence-corrected chi connectivity index (χ4v) is 8.75. The third-order valence-corrected chi connectivity index (χ3v) is 12.7. The van der Waals surface area contributed by atoms with Crippen LogP contribution in [0, 0.1) is 0 Å². The van der Waals surface area contributed by atoms with Gasteiger partial charge in [-0.1, -0.05) is 30.3 Å². The van der Waals surface area contributed by atoms with E-state index in [1.807, 2.05) is 0 Å². The maximum absolute atomic E-state index is 12.6. The highest BCUT2D eigenvalue weighted by molar-refractivity contribution is 7.86. The number of aromatic hydroxyl groups is 3. The third kappa shape index (κ3) is 16.1. The Kier molecular flexibility index (Phi) is 19.8. The van der Waals surface area contributed by atoms with E-state index in [2.05, 4.69) is 40.9 Å². The summed E-state index contributed by atoms with van der Waals surface area (Å²) < 4.78 is 184. The monoisotopic (exact) mass is 1220 g/mol. The molecule has 0 fully saturated rings. The van der Waals surface area contributed by atoms with Gasteiger partial charge < -0.3 is 25.8 Å². The van der Waals surface area contributed by atoms with Gasteiger partial charge >= 0.3 is 31.8 Å². The lowest BCUT2D eigenvalue weighted by atomic mass is 10.1. The maximum Gasteiger partial charge on any atom is 0.425 e. The Hall–Kier alpha value is -9.47. The van der Waals surface area contributed by atoms with E-state index in [-0.39, 0.29) is 61.4 Å². The van der Waals surface area contributed by atoms with Gasteiger partial charge in [-0.25, -0.2) is 0 Å². The van der Waals surface area contributed by atoms with Crippen molar-refractivity contribution in [2.75, 3.05) is 12.8 Å². The molecule has 0 bridgehead atoms. The molecule has 0 spiro atoms. The number of methoxy groups -OCH3 is 1. The molecule has 37 heteroatoms. The third-order valence-electron chi connectivity index (χ3n) is 10.1. The summed E-state index contributed by atoms with van der Waals surface area (Å²) >= 11 is 0. The Morgan fingerprint density at radius 3 is 1.43 bits per heavy atom. The van der Waals surface area contributed by atoms with Crippen LogP contribution in [0.3, 0.4) is 0 Å². The zero-order valence-corrected chi connectivity index (χ0v) is 44.3. The molecule has 31 nitrogen and oxygen atoms in total. The van der Waals surface area contributed by atoms with E-state index in [1.165, 1.54) is 86.0 Å². The lowest BCUT2D eigenvalue weighted by molar-refractivity contribution is 0.415. The maximum atomic E-state index is 12.6. The number of anilines is 1. The van der Waals surface area contributed by atoms with E-state index in [4.69, 9.17) is 48.4 Å². The standard InChI is InChI=1S/C43H31N9O13S3.3O3S/c1-65-28-13-10-25(11-14-28)45-52-40-36(68(62,63)64)19-23-6-9-27(21-30(23)42(40)54)47-51-39-35(67(59,60)61)20-24-8-17-33(43(55)37(24)38(39)44)49-46-26-12-15-29-22(18-26)7-16-32(41(29)53)50-48-31-4-2-3-5-34(31)66(56,57)58;3*1-4(2)3/h2-21,53-55H,44H2,1H3,(H,56,57,58)(H,59,60,61)(H,62,63,64);;;. The summed E-state index contributed by atoms with van der Waals surface area (Å²) in [4.78, 5) is -2.01. The van der Waals surface area contributed by atoms with Crippen LogP contribution in [0.4, 0.5) is 51.2 Å². The van der Waals surface area contributed by atoms with Crippen molar-refractivity contribution in [1.29, 1.82) is 0 Å². The van der Waals surface area contributed by atoms with Crippen LogP contribution < -0.4 is 10.5 Å². The minimum Gasteiger partial charge on any atom is -0.505 e. The lowest BCUT2D eigenvalue weighted by Crippen LogP contribution is -2.01. The summed E-state index contributed by atoms with van der Waals surface area (Å²) in [6.45, 7) is 0. The van der Waals surface area contributed by atoms with E-state index >= 15 is 0 Å². The highest BCUT2D eigenvalue weighted by atomic mass is 32.2. The highest BCUT2D eigenvalue weighted by Gasteiger charge is 2.25. The topological polar surface area (TPSA) is 512 Å². The van der Waals surface area contributed by atoms with E-state index in [9.17, 15) is 54.2 Å². The van der Waals surface area contributed by atoms with Gasteiger partial charge in [-0.3, -0.25) is 13.7 Å². The van der Waals surface area contributed by atoms with Crippen molar-refractivity contribution in [1.82, 2.24) is 0 Å². The van der Waals surface area contributed by atoms with Gasteiger partial charge in [0.05, 0.1) is 35.2 Å². The predicted molar refractivity (Wildman–Crippen MR) is 276 cm³/mol. The molecular formula is C43H31N9O22S6. The molecule has 8 aromatic carbocycles. The number of nitrogen functional groups attached to an aromatic ring is 1. The van der Waals surface area contributed by atoms with Gasteiger partial charge in [-0.15, -0.1) is 63.5 Å². The summed E-state index contributed by atoms with van der Waals surface area (Å²) in [5.74, 6) is -1.08. The second-order valence-corrected chi connectivity index (χ2v) is 20.4. The quantitative estimate of drug-likeness (QED) is 0.0344. The summed E-state index contributed by atoms with van der Waals surface area (Å²) in [7, 11) is -22.5. The summed E-state index contributed by atoms with van der Waals surface area (Å²) in [5.41, 5.74) is 4.91. The number of hydrogen-bond acceptors (Lipinski definition) is 28. The van der Waals surface area contributed by atoms with Crippen molar-refractivity contribution >= 4 is 146 Å². The molecule has 0 aliphatic heterocycles. The van der Waals surface area contributed by atoms with Gasteiger partial charge in [0.25, 0.3) is 30.4 Å². The van der Waals surface area contributed by atoms with Crippen molar-refractivity contribution in [2.45, 2.75) is 14.7 Å². The van der Waals surface area contributed by atoms with Crippen LogP contribution in [0.15, 0.2) is 177 Å². The molecule has 416 valence electrons. The number of ether oxygens (including phenoxy) is 1. The zero-order valence-electron chi connectivity index (χ0n) is 39.4. The Bertz CT molecular complexity index is 4540. The van der Waals surface area contributed by atoms with Crippen LogP contribution in [0.1, 0.15) is 0 Å². The van der Waals surface area contributed by atoms with E-state index in [0.29, 0.717) is 16.5 Å². The molecule has 0 radical (unpaired) electrons. The first-order chi connectivity index (χ1) is 37.4. The Balaban J connectivity index is 0.000000892. The van der Waals surface area contributed by atoms with E-state index < -0.39 is 105 Å². The average molecular weight is 1220 g/mol. The molecule has 0 atom stereocenters. The van der Waals surface area contributed by atoms with Gasteiger partial charge in [0.1, 0.15) is 48.9 Å². The summed E-state index contributed by atoms with van der Waals surface area (Å²) in [5, 5.41) is 66.4. The summed E-state index contributed by atoms with van der Waals surface area (Å²) in [6.07, 6.45) is 0. The first kappa shape index (κ1) is 61.4. The molecule has 0 saturated heterocycles. The van der Waals surface area contributed by atoms with Crippen molar-refractivity contribution in [3.8, 4) is 23.0 Å². The van der Waals surface area contributed by atoms with Gasteiger partial charge in [0.2, 0.25) is 0 Å². The lowest BCUT2D eigenvalue weighted by Gasteiger charge is -2.12. The molecule has 8 aromatic rings. The smallest absolute Gasteiger partial charge is 0.425 e. The Morgan fingerprint density at radius 1 is 0.412 bits per heavy atom. The molecular weight excluding hydrogens is 1190 g/mol. The zero-order chi connectivity index (χ0) is 59.4. The fraction of sp³-hybridized carbons (Fsp3) is 0.0233. The van der Waals surface area contributed by atoms with Crippen LogP contribution in [0.25, 0.3) is 32.3 Å². The number of nitrogens with zero attached hydrogens (tertiary/aromatic N) is 8. The van der Waals surface area contributed by atoms with Gasteiger partial charge in [-0.2, -0.15) is 40.6 Å². The predicted octanol–water partition coefficient (Wildman–Crippen LogP) is 8.24. The highest BCUT2D eigenvalue weighted by Crippen LogP contribution is 2.47.